The Morgan fingerprint density at radius 3 is 2.85 bits per heavy atom. The molecule has 0 fully saturated rings. The monoisotopic (exact) mass is 481 g/mol. The summed E-state index contributed by atoms with van der Waals surface area (Å²) in [7, 11) is 1.80. The minimum absolute atomic E-state index is 0. The first-order valence-corrected chi connectivity index (χ1v) is 9.18. The van der Waals surface area contributed by atoms with Crippen LogP contribution in [-0.2, 0) is 19.4 Å². The Kier molecular flexibility index (Phi) is 8.56. The Bertz CT molecular complexity index is 852. The number of aromatic nitrogens is 4. The normalized spacial score (nSPS) is 11.4. The number of para-hydroxylation sites is 1. The maximum Gasteiger partial charge on any atom is 0.191 e. The van der Waals surface area contributed by atoms with Crippen LogP contribution in [0.4, 0.5) is 0 Å². The van der Waals surface area contributed by atoms with Gasteiger partial charge in [0.15, 0.2) is 5.96 Å². The van der Waals surface area contributed by atoms with Crippen LogP contribution in [0.5, 0.6) is 0 Å². The zero-order valence-electron chi connectivity index (χ0n) is 15.9. The molecule has 146 valence electrons. The van der Waals surface area contributed by atoms with Crippen molar-refractivity contribution in [3.05, 3.63) is 48.2 Å². The molecular weight excluding hydrogens is 453 g/mol. The third-order valence-electron chi connectivity index (χ3n) is 4.47. The number of hydrogen-bond acceptors (Lipinski definition) is 3. The number of aliphatic imine (C=N–C) groups is 1. The smallest absolute Gasteiger partial charge is 0.191 e. The van der Waals surface area contributed by atoms with Gasteiger partial charge in [0.2, 0.25) is 0 Å². The minimum Gasteiger partial charge on any atom is -0.361 e. The standard InChI is InChI=1S/C19H27N7.HI/c1-3-18-25-24-14-26(18)12-11-22-19(20-2)21-10-6-7-15-13-23-17-9-5-4-8-16(15)17;/h4-5,8-9,13-14,23H,3,6-7,10-12H2,1-2H3,(H2,20,21,22);1H. The summed E-state index contributed by atoms with van der Waals surface area (Å²) in [6.07, 6.45) is 6.86. The van der Waals surface area contributed by atoms with Gasteiger partial charge in [-0.25, -0.2) is 0 Å². The number of H-pyrrole nitrogens is 1. The molecule has 0 unspecified atom stereocenters. The fraction of sp³-hybridized carbons (Fsp3) is 0.421. The van der Waals surface area contributed by atoms with Crippen LogP contribution in [0.25, 0.3) is 10.9 Å². The molecule has 2 aromatic heterocycles. The quantitative estimate of drug-likeness (QED) is 0.200. The molecule has 3 N–H and O–H groups in total. The molecule has 0 saturated heterocycles. The third kappa shape index (κ3) is 5.69. The zero-order chi connectivity index (χ0) is 18.2. The second kappa shape index (κ2) is 10.9. The summed E-state index contributed by atoms with van der Waals surface area (Å²) in [6, 6.07) is 8.43. The summed E-state index contributed by atoms with van der Waals surface area (Å²) >= 11 is 0. The average Bonchev–Trinajstić information content (AvgIpc) is 3.30. The largest absolute Gasteiger partial charge is 0.361 e. The van der Waals surface area contributed by atoms with Gasteiger partial charge in [-0.05, 0) is 24.5 Å². The Morgan fingerprint density at radius 2 is 2.04 bits per heavy atom. The van der Waals surface area contributed by atoms with E-state index in [-0.39, 0.29) is 24.0 Å². The van der Waals surface area contributed by atoms with E-state index in [9.17, 15) is 0 Å². The molecule has 0 radical (unpaired) electrons. The lowest BCUT2D eigenvalue weighted by molar-refractivity contribution is 0.630. The highest BCUT2D eigenvalue weighted by atomic mass is 127. The summed E-state index contributed by atoms with van der Waals surface area (Å²) in [5, 5.41) is 16.1. The van der Waals surface area contributed by atoms with Crippen LogP contribution in [0.3, 0.4) is 0 Å². The van der Waals surface area contributed by atoms with E-state index in [2.05, 4.69) is 72.8 Å². The molecule has 0 aliphatic heterocycles. The van der Waals surface area contributed by atoms with Crippen molar-refractivity contribution in [3.63, 3.8) is 0 Å². The third-order valence-corrected chi connectivity index (χ3v) is 4.47. The van der Waals surface area contributed by atoms with Gasteiger partial charge in [0.05, 0.1) is 0 Å². The molecule has 7 nitrogen and oxygen atoms in total. The molecule has 0 atom stereocenters. The van der Waals surface area contributed by atoms with Gasteiger partial charge >= 0.3 is 0 Å². The van der Waals surface area contributed by atoms with Crippen molar-refractivity contribution < 1.29 is 0 Å². The number of hydrogen-bond donors (Lipinski definition) is 3. The van der Waals surface area contributed by atoms with Gasteiger partial charge in [0.1, 0.15) is 12.2 Å². The van der Waals surface area contributed by atoms with Crippen LogP contribution in [-0.4, -0.2) is 45.8 Å². The van der Waals surface area contributed by atoms with Crippen LogP contribution in [0.15, 0.2) is 41.8 Å². The summed E-state index contributed by atoms with van der Waals surface area (Å²) in [6.45, 7) is 4.58. The molecular formula is C19H28IN7. The van der Waals surface area contributed by atoms with E-state index in [1.54, 1.807) is 13.4 Å². The van der Waals surface area contributed by atoms with Gasteiger partial charge in [-0.15, -0.1) is 34.2 Å². The molecule has 0 aliphatic carbocycles. The average molecular weight is 481 g/mol. The molecule has 0 bridgehead atoms. The molecule has 0 saturated carbocycles. The van der Waals surface area contributed by atoms with Crippen LogP contribution in [0, 0.1) is 0 Å². The van der Waals surface area contributed by atoms with E-state index < -0.39 is 0 Å². The van der Waals surface area contributed by atoms with Gasteiger partial charge in [-0.2, -0.15) is 0 Å². The lowest BCUT2D eigenvalue weighted by Gasteiger charge is -2.12. The summed E-state index contributed by atoms with van der Waals surface area (Å²) in [5.41, 5.74) is 2.57. The van der Waals surface area contributed by atoms with Crippen molar-refractivity contribution in [2.75, 3.05) is 20.1 Å². The highest BCUT2D eigenvalue weighted by Crippen LogP contribution is 2.18. The van der Waals surface area contributed by atoms with Crippen LogP contribution in [0.2, 0.25) is 0 Å². The molecule has 1 aromatic carbocycles. The molecule has 8 heteroatoms. The van der Waals surface area contributed by atoms with Crippen LogP contribution < -0.4 is 10.6 Å². The van der Waals surface area contributed by atoms with Gasteiger partial charge in [0, 0.05) is 50.2 Å². The first-order valence-electron chi connectivity index (χ1n) is 9.18. The number of aryl methyl sites for hydroxylation is 2. The van der Waals surface area contributed by atoms with E-state index >= 15 is 0 Å². The lowest BCUT2D eigenvalue weighted by atomic mass is 10.1. The molecule has 27 heavy (non-hydrogen) atoms. The molecule has 3 rings (SSSR count). The summed E-state index contributed by atoms with van der Waals surface area (Å²) in [5.74, 6) is 1.84. The fourth-order valence-electron chi connectivity index (χ4n) is 3.08. The maximum atomic E-state index is 4.28. The number of rotatable bonds is 8. The highest BCUT2D eigenvalue weighted by molar-refractivity contribution is 14.0. The zero-order valence-corrected chi connectivity index (χ0v) is 18.2. The SMILES string of the molecule is CCc1nncn1CCNC(=NC)NCCCc1c[nH]c2ccccc12.I. The van der Waals surface area contributed by atoms with Crippen molar-refractivity contribution in [1.29, 1.82) is 0 Å². The number of halogens is 1. The van der Waals surface area contributed by atoms with E-state index in [4.69, 9.17) is 0 Å². The molecule has 0 spiro atoms. The molecule has 2 heterocycles. The summed E-state index contributed by atoms with van der Waals surface area (Å²) < 4.78 is 2.07. The van der Waals surface area contributed by atoms with Gasteiger partial charge in [-0.1, -0.05) is 25.1 Å². The van der Waals surface area contributed by atoms with Crippen molar-refractivity contribution in [2.24, 2.45) is 4.99 Å². The fourth-order valence-corrected chi connectivity index (χ4v) is 3.08. The summed E-state index contributed by atoms with van der Waals surface area (Å²) in [4.78, 5) is 7.61. The van der Waals surface area contributed by atoms with E-state index in [1.807, 2.05) is 0 Å². The number of nitrogens with one attached hydrogen (secondary N) is 3. The first kappa shape index (κ1) is 21.2. The van der Waals surface area contributed by atoms with Crippen LogP contribution >= 0.6 is 24.0 Å². The van der Waals surface area contributed by atoms with Crippen molar-refractivity contribution >= 4 is 40.8 Å². The predicted octanol–water partition coefficient (Wildman–Crippen LogP) is 2.74. The Morgan fingerprint density at radius 1 is 1.22 bits per heavy atom. The number of fused-ring (bicyclic) bond motifs is 1. The number of benzene rings is 1. The Balaban J connectivity index is 0.00000261. The molecule has 3 aromatic rings. The molecule has 0 aliphatic rings. The number of nitrogens with zero attached hydrogens (tertiary/aromatic N) is 4. The van der Waals surface area contributed by atoms with E-state index in [1.165, 1.54) is 16.5 Å². The first-order chi connectivity index (χ1) is 12.8. The van der Waals surface area contributed by atoms with Gasteiger partial charge < -0.3 is 20.2 Å². The van der Waals surface area contributed by atoms with Gasteiger partial charge in [-0.3, -0.25) is 4.99 Å². The van der Waals surface area contributed by atoms with Crippen molar-refractivity contribution in [1.82, 2.24) is 30.4 Å². The van der Waals surface area contributed by atoms with Gasteiger partial charge in [0.25, 0.3) is 0 Å². The highest BCUT2D eigenvalue weighted by Gasteiger charge is 2.04. The number of guanidine groups is 1. The van der Waals surface area contributed by atoms with Crippen molar-refractivity contribution in [2.45, 2.75) is 32.7 Å². The Hall–Kier alpha value is -2.10. The second-order valence-electron chi connectivity index (χ2n) is 6.18. The maximum absolute atomic E-state index is 4.28. The van der Waals surface area contributed by atoms with E-state index in [0.29, 0.717) is 0 Å². The Labute approximate surface area is 177 Å². The van der Waals surface area contributed by atoms with E-state index in [0.717, 1.165) is 50.7 Å². The van der Waals surface area contributed by atoms with Crippen LogP contribution in [0.1, 0.15) is 24.7 Å². The molecule has 0 amide bonds. The van der Waals surface area contributed by atoms with Crippen molar-refractivity contribution in [3.8, 4) is 0 Å². The number of aromatic amines is 1. The second-order valence-corrected chi connectivity index (χ2v) is 6.18. The lowest BCUT2D eigenvalue weighted by Crippen LogP contribution is -2.39. The predicted molar refractivity (Wildman–Crippen MR) is 121 cm³/mol. The topological polar surface area (TPSA) is 82.9 Å². The minimum atomic E-state index is 0.